The minimum Gasteiger partial charge on any atom is -0.480 e. The van der Waals surface area contributed by atoms with Gasteiger partial charge in [-0.1, -0.05) is 24.6 Å². The highest BCUT2D eigenvalue weighted by Crippen LogP contribution is 2.29. The second-order valence-electron chi connectivity index (χ2n) is 5.52. The molecule has 1 aliphatic rings. The molecule has 2 rings (SSSR count). The lowest BCUT2D eigenvalue weighted by Crippen LogP contribution is -2.47. The number of carbonyl (C=O) groups excluding carboxylic acids is 1. The Balaban J connectivity index is 2.23. The number of carboxylic acids is 1. The van der Waals surface area contributed by atoms with Gasteiger partial charge in [0, 0.05) is 18.3 Å². The molecule has 2 amide bonds. The topological polar surface area (TPSA) is 60.9 Å². The molecule has 114 valence electrons. The highest BCUT2D eigenvalue weighted by atomic mass is 16.4. The Morgan fingerprint density at radius 3 is 2.33 bits per heavy atom. The van der Waals surface area contributed by atoms with Crippen LogP contribution in [-0.4, -0.2) is 41.1 Å². The zero-order valence-corrected chi connectivity index (χ0v) is 12.6. The van der Waals surface area contributed by atoms with Gasteiger partial charge >= 0.3 is 12.0 Å². The number of hydrogen-bond acceptors (Lipinski definition) is 2. The summed E-state index contributed by atoms with van der Waals surface area (Å²) in [4.78, 5) is 27.0. The summed E-state index contributed by atoms with van der Waals surface area (Å²) in [5.41, 5.74) is 1.71. The monoisotopic (exact) mass is 290 g/mol. The number of rotatable bonds is 6. The van der Waals surface area contributed by atoms with Gasteiger partial charge < -0.3 is 10.0 Å². The Kier molecular flexibility index (Phi) is 4.83. The predicted molar refractivity (Wildman–Crippen MR) is 81.6 cm³/mol. The second-order valence-corrected chi connectivity index (χ2v) is 5.52. The molecule has 0 spiro atoms. The van der Waals surface area contributed by atoms with Crippen LogP contribution in [0.4, 0.5) is 10.5 Å². The molecule has 0 aliphatic heterocycles. The van der Waals surface area contributed by atoms with Crippen molar-refractivity contribution < 1.29 is 14.7 Å². The molecule has 1 aliphatic carbocycles. The first kappa shape index (κ1) is 15.4. The Hall–Kier alpha value is -2.04. The number of hydrogen-bond donors (Lipinski definition) is 1. The van der Waals surface area contributed by atoms with Crippen LogP contribution in [-0.2, 0) is 4.79 Å². The van der Waals surface area contributed by atoms with Crippen LogP contribution < -0.4 is 4.90 Å². The van der Waals surface area contributed by atoms with Crippen molar-refractivity contribution >= 4 is 17.7 Å². The van der Waals surface area contributed by atoms with Crippen LogP contribution in [0.25, 0.3) is 0 Å². The fourth-order valence-corrected chi connectivity index (χ4v) is 2.35. The van der Waals surface area contributed by atoms with Gasteiger partial charge in [-0.3, -0.25) is 9.69 Å². The van der Waals surface area contributed by atoms with Crippen LogP contribution in [0.5, 0.6) is 0 Å². The molecule has 21 heavy (non-hydrogen) atoms. The number of amides is 2. The summed E-state index contributed by atoms with van der Waals surface area (Å²) >= 11 is 0. The van der Waals surface area contributed by atoms with E-state index in [-0.39, 0.29) is 18.6 Å². The van der Waals surface area contributed by atoms with E-state index in [2.05, 4.69) is 0 Å². The predicted octanol–water partition coefficient (Wildman–Crippen LogP) is 2.88. The molecule has 1 N–H and O–H groups in total. The van der Waals surface area contributed by atoms with Crippen LogP contribution in [0.3, 0.4) is 0 Å². The highest BCUT2D eigenvalue weighted by Gasteiger charge is 2.35. The van der Waals surface area contributed by atoms with E-state index >= 15 is 0 Å². The minimum atomic E-state index is -1.00. The van der Waals surface area contributed by atoms with Gasteiger partial charge in [0.1, 0.15) is 6.54 Å². The largest absolute Gasteiger partial charge is 0.480 e. The molecule has 5 heteroatoms. The molecule has 1 aromatic rings. The fraction of sp³-hybridized carbons (Fsp3) is 0.500. The third-order valence-corrected chi connectivity index (χ3v) is 3.57. The first-order valence-corrected chi connectivity index (χ1v) is 7.39. The average Bonchev–Trinajstić information content (AvgIpc) is 3.27. The van der Waals surface area contributed by atoms with E-state index in [0.29, 0.717) is 12.2 Å². The molecule has 1 saturated carbocycles. The maximum atomic E-state index is 12.7. The van der Waals surface area contributed by atoms with Crippen molar-refractivity contribution in [1.82, 2.24) is 4.90 Å². The van der Waals surface area contributed by atoms with Crippen molar-refractivity contribution in [2.24, 2.45) is 0 Å². The number of urea groups is 1. The summed E-state index contributed by atoms with van der Waals surface area (Å²) in [6.45, 7) is 4.34. The summed E-state index contributed by atoms with van der Waals surface area (Å²) < 4.78 is 0. The number of carboxylic acid groups (broad SMARTS) is 1. The van der Waals surface area contributed by atoms with Gasteiger partial charge in [0.25, 0.3) is 0 Å². The van der Waals surface area contributed by atoms with E-state index in [1.807, 2.05) is 30.9 Å². The number of carbonyl (C=O) groups is 2. The Morgan fingerprint density at radius 2 is 1.86 bits per heavy atom. The molecule has 1 fully saturated rings. The first-order chi connectivity index (χ1) is 10.0. The van der Waals surface area contributed by atoms with Crippen molar-refractivity contribution in [3.8, 4) is 0 Å². The van der Waals surface area contributed by atoms with Gasteiger partial charge in [-0.25, -0.2) is 4.79 Å². The Bertz CT molecular complexity index is 509. The maximum absolute atomic E-state index is 12.7. The normalized spacial score (nSPS) is 13.8. The van der Waals surface area contributed by atoms with Gasteiger partial charge in [0.2, 0.25) is 0 Å². The summed E-state index contributed by atoms with van der Waals surface area (Å²) in [6, 6.07) is 7.45. The number of benzene rings is 1. The molecule has 0 saturated heterocycles. The molecule has 0 unspecified atom stereocenters. The van der Waals surface area contributed by atoms with Crippen LogP contribution in [0.15, 0.2) is 24.3 Å². The quantitative estimate of drug-likeness (QED) is 0.876. The summed E-state index contributed by atoms with van der Waals surface area (Å²) in [6.07, 6.45) is 2.90. The summed E-state index contributed by atoms with van der Waals surface area (Å²) in [5, 5.41) is 9.10. The molecule has 5 nitrogen and oxygen atoms in total. The molecule has 0 atom stereocenters. The SMILES string of the molecule is CCCN(C(=O)N(CC(=O)O)c1ccc(C)cc1)C1CC1. The zero-order valence-electron chi connectivity index (χ0n) is 12.6. The Labute approximate surface area is 125 Å². The van der Waals surface area contributed by atoms with Crippen molar-refractivity contribution in [2.75, 3.05) is 18.0 Å². The lowest BCUT2D eigenvalue weighted by molar-refractivity contribution is -0.135. The molecule has 0 heterocycles. The van der Waals surface area contributed by atoms with Gasteiger partial charge in [-0.15, -0.1) is 0 Å². The number of anilines is 1. The number of aliphatic carboxylic acids is 1. The molecular weight excluding hydrogens is 268 g/mol. The Morgan fingerprint density at radius 1 is 1.24 bits per heavy atom. The summed E-state index contributed by atoms with van der Waals surface area (Å²) in [7, 11) is 0. The van der Waals surface area contributed by atoms with E-state index < -0.39 is 5.97 Å². The zero-order chi connectivity index (χ0) is 15.4. The molecular formula is C16H22N2O3. The van der Waals surface area contributed by atoms with Crippen LogP contribution in [0.1, 0.15) is 31.7 Å². The van der Waals surface area contributed by atoms with E-state index in [0.717, 1.165) is 24.8 Å². The van der Waals surface area contributed by atoms with Crippen LogP contribution in [0.2, 0.25) is 0 Å². The van der Waals surface area contributed by atoms with Crippen molar-refractivity contribution in [3.63, 3.8) is 0 Å². The molecule has 0 aromatic heterocycles. The van der Waals surface area contributed by atoms with E-state index in [9.17, 15) is 9.59 Å². The van der Waals surface area contributed by atoms with Crippen molar-refractivity contribution in [2.45, 2.75) is 39.2 Å². The lowest BCUT2D eigenvalue weighted by atomic mass is 10.2. The summed E-state index contributed by atoms with van der Waals surface area (Å²) in [5.74, 6) is -1.00. The van der Waals surface area contributed by atoms with Crippen LogP contribution >= 0.6 is 0 Å². The molecule has 1 aromatic carbocycles. The van der Waals surface area contributed by atoms with E-state index in [1.165, 1.54) is 4.90 Å². The third-order valence-electron chi connectivity index (χ3n) is 3.57. The second kappa shape index (κ2) is 6.61. The number of aryl methyl sites for hydroxylation is 1. The average molecular weight is 290 g/mol. The van der Waals surface area contributed by atoms with Crippen LogP contribution in [0, 0.1) is 6.92 Å². The van der Waals surface area contributed by atoms with Gasteiger partial charge in [-0.05, 0) is 38.3 Å². The van der Waals surface area contributed by atoms with E-state index in [4.69, 9.17) is 5.11 Å². The number of nitrogens with zero attached hydrogens (tertiary/aromatic N) is 2. The molecule has 0 bridgehead atoms. The maximum Gasteiger partial charge on any atom is 0.325 e. The minimum absolute atomic E-state index is 0.203. The fourth-order valence-electron chi connectivity index (χ4n) is 2.35. The van der Waals surface area contributed by atoms with Gasteiger partial charge in [0.05, 0.1) is 0 Å². The standard InChI is InChI=1S/C16H22N2O3/c1-3-10-17(13-8-9-13)16(21)18(11-15(19)20)14-6-4-12(2)5-7-14/h4-7,13H,3,8-11H2,1-2H3,(H,19,20). The van der Waals surface area contributed by atoms with Gasteiger partial charge in [0.15, 0.2) is 0 Å². The first-order valence-electron chi connectivity index (χ1n) is 7.39. The van der Waals surface area contributed by atoms with Gasteiger partial charge in [-0.2, -0.15) is 0 Å². The molecule has 0 radical (unpaired) electrons. The third kappa shape index (κ3) is 3.97. The highest BCUT2D eigenvalue weighted by molar-refractivity contribution is 5.96. The van der Waals surface area contributed by atoms with E-state index in [1.54, 1.807) is 12.1 Å². The lowest BCUT2D eigenvalue weighted by Gasteiger charge is -2.29. The smallest absolute Gasteiger partial charge is 0.325 e. The van der Waals surface area contributed by atoms with Crippen molar-refractivity contribution in [3.05, 3.63) is 29.8 Å². The van der Waals surface area contributed by atoms with Crippen molar-refractivity contribution in [1.29, 1.82) is 0 Å².